The van der Waals surface area contributed by atoms with Crippen LogP contribution >= 0.6 is 23.5 Å². The standard InChI is InChI=1S/C14H22O6S2/c1-7-21-11(15)9-10(12(16)22-8-2)20-14(4,18-6)13(3,17-5)19-9/h7-8H2,1-6H3/t13-,14-/m1/s1. The minimum Gasteiger partial charge on any atom is -0.447 e. The van der Waals surface area contributed by atoms with Crippen molar-refractivity contribution >= 4 is 33.8 Å². The molecule has 0 saturated heterocycles. The Hall–Kier alpha value is -0.700. The molecule has 0 aromatic heterocycles. The molecule has 0 aromatic carbocycles. The fourth-order valence-corrected chi connectivity index (χ4v) is 2.84. The van der Waals surface area contributed by atoms with Gasteiger partial charge in [0.25, 0.3) is 21.8 Å². The Labute approximate surface area is 139 Å². The van der Waals surface area contributed by atoms with Crippen molar-refractivity contribution in [2.75, 3.05) is 25.7 Å². The number of thioether (sulfide) groups is 2. The lowest BCUT2D eigenvalue weighted by molar-refractivity contribution is -0.378. The van der Waals surface area contributed by atoms with E-state index in [9.17, 15) is 9.59 Å². The van der Waals surface area contributed by atoms with E-state index in [0.717, 1.165) is 23.5 Å². The van der Waals surface area contributed by atoms with E-state index in [0.29, 0.717) is 11.5 Å². The first-order chi connectivity index (χ1) is 10.3. The SMILES string of the molecule is CCSC(=O)C1=C(C(=O)SCC)O[C@@](C)(OC)[C@](C)(OC)O1. The molecule has 0 N–H and O–H groups in total. The number of hydrogen-bond acceptors (Lipinski definition) is 8. The van der Waals surface area contributed by atoms with Crippen molar-refractivity contribution < 1.29 is 28.5 Å². The van der Waals surface area contributed by atoms with Crippen LogP contribution in [0.3, 0.4) is 0 Å². The molecule has 0 spiro atoms. The first kappa shape index (κ1) is 19.3. The van der Waals surface area contributed by atoms with Gasteiger partial charge < -0.3 is 18.9 Å². The van der Waals surface area contributed by atoms with E-state index in [1.54, 1.807) is 13.8 Å². The van der Waals surface area contributed by atoms with Crippen LogP contribution in [0.5, 0.6) is 0 Å². The highest BCUT2D eigenvalue weighted by Crippen LogP contribution is 2.42. The lowest BCUT2D eigenvalue weighted by Crippen LogP contribution is -2.59. The Morgan fingerprint density at radius 3 is 1.45 bits per heavy atom. The predicted molar refractivity (Wildman–Crippen MR) is 86.3 cm³/mol. The van der Waals surface area contributed by atoms with E-state index >= 15 is 0 Å². The monoisotopic (exact) mass is 350 g/mol. The summed E-state index contributed by atoms with van der Waals surface area (Å²) in [5.41, 5.74) is 0. The van der Waals surface area contributed by atoms with Crippen molar-refractivity contribution in [2.45, 2.75) is 39.3 Å². The Bertz CT molecular complexity index is 436. The van der Waals surface area contributed by atoms with Crippen molar-refractivity contribution in [1.29, 1.82) is 0 Å². The second-order valence-corrected chi connectivity index (χ2v) is 7.08. The zero-order valence-electron chi connectivity index (χ0n) is 13.7. The van der Waals surface area contributed by atoms with Crippen LogP contribution in [0, 0.1) is 0 Å². The summed E-state index contributed by atoms with van der Waals surface area (Å²) in [6.07, 6.45) is 0. The third kappa shape index (κ3) is 3.61. The molecule has 0 aromatic rings. The molecule has 0 amide bonds. The minimum atomic E-state index is -1.36. The number of carbonyl (C=O) groups is 2. The summed E-state index contributed by atoms with van der Waals surface area (Å²) >= 11 is 2.07. The summed E-state index contributed by atoms with van der Waals surface area (Å²) < 4.78 is 22.1. The normalized spacial score (nSPS) is 28.1. The molecular weight excluding hydrogens is 328 g/mol. The summed E-state index contributed by atoms with van der Waals surface area (Å²) in [5, 5.41) is -0.743. The van der Waals surface area contributed by atoms with Crippen LogP contribution < -0.4 is 0 Å². The Kier molecular flexibility index (Phi) is 6.79. The molecule has 0 unspecified atom stereocenters. The Balaban J connectivity index is 3.35. The molecule has 0 radical (unpaired) electrons. The fourth-order valence-electron chi connectivity index (χ4n) is 1.78. The highest BCUT2D eigenvalue weighted by Gasteiger charge is 2.57. The van der Waals surface area contributed by atoms with Gasteiger partial charge in [-0.1, -0.05) is 37.4 Å². The third-order valence-corrected chi connectivity index (χ3v) is 4.80. The molecule has 22 heavy (non-hydrogen) atoms. The number of ether oxygens (including phenoxy) is 4. The summed E-state index contributed by atoms with van der Waals surface area (Å²) in [5.74, 6) is -1.87. The van der Waals surface area contributed by atoms with Gasteiger partial charge in [0.15, 0.2) is 0 Å². The van der Waals surface area contributed by atoms with Crippen molar-refractivity contribution in [3.63, 3.8) is 0 Å². The second kappa shape index (κ2) is 7.72. The molecule has 0 bridgehead atoms. The molecule has 0 saturated carbocycles. The van der Waals surface area contributed by atoms with Crippen LogP contribution in [-0.2, 0) is 28.5 Å². The summed E-state index contributed by atoms with van der Waals surface area (Å²) in [7, 11) is 2.84. The molecular formula is C14H22O6S2. The van der Waals surface area contributed by atoms with Gasteiger partial charge in [-0.25, -0.2) is 0 Å². The van der Waals surface area contributed by atoms with Gasteiger partial charge in [-0.05, 0) is 11.5 Å². The lowest BCUT2D eigenvalue weighted by atomic mass is 10.1. The molecule has 6 nitrogen and oxygen atoms in total. The van der Waals surface area contributed by atoms with Gasteiger partial charge in [-0.3, -0.25) is 9.59 Å². The number of rotatable bonds is 6. The van der Waals surface area contributed by atoms with Crippen LogP contribution in [0.4, 0.5) is 0 Å². The van der Waals surface area contributed by atoms with E-state index < -0.39 is 11.6 Å². The highest BCUT2D eigenvalue weighted by atomic mass is 32.2. The van der Waals surface area contributed by atoms with Crippen LogP contribution in [0.2, 0.25) is 0 Å². The van der Waals surface area contributed by atoms with Gasteiger partial charge in [0.05, 0.1) is 0 Å². The average Bonchev–Trinajstić information content (AvgIpc) is 2.50. The minimum absolute atomic E-state index is 0.128. The maximum Gasteiger partial charge on any atom is 0.273 e. The molecule has 1 aliphatic heterocycles. The van der Waals surface area contributed by atoms with Crippen LogP contribution in [0.25, 0.3) is 0 Å². The zero-order valence-corrected chi connectivity index (χ0v) is 15.3. The molecule has 1 aliphatic rings. The van der Waals surface area contributed by atoms with E-state index in [1.807, 2.05) is 13.8 Å². The molecule has 8 heteroatoms. The molecule has 1 heterocycles. The Morgan fingerprint density at radius 2 is 1.23 bits per heavy atom. The molecule has 0 aliphatic carbocycles. The van der Waals surface area contributed by atoms with Gasteiger partial charge in [-0.15, -0.1) is 0 Å². The van der Waals surface area contributed by atoms with Crippen LogP contribution in [-0.4, -0.2) is 47.5 Å². The van der Waals surface area contributed by atoms with E-state index in [-0.39, 0.29) is 21.7 Å². The predicted octanol–water partition coefficient (Wildman–Crippen LogP) is 2.53. The first-order valence-corrected chi connectivity index (χ1v) is 8.82. The largest absolute Gasteiger partial charge is 0.447 e. The van der Waals surface area contributed by atoms with E-state index in [4.69, 9.17) is 18.9 Å². The lowest BCUT2D eigenvalue weighted by Gasteiger charge is -2.46. The first-order valence-electron chi connectivity index (χ1n) is 6.85. The second-order valence-electron chi connectivity index (χ2n) is 4.60. The quantitative estimate of drug-likeness (QED) is 0.724. The summed E-state index contributed by atoms with van der Waals surface area (Å²) in [6, 6.07) is 0. The third-order valence-electron chi connectivity index (χ3n) is 3.33. The maximum absolute atomic E-state index is 12.3. The smallest absolute Gasteiger partial charge is 0.273 e. The van der Waals surface area contributed by atoms with Gasteiger partial charge in [0.2, 0.25) is 11.5 Å². The van der Waals surface area contributed by atoms with Crippen molar-refractivity contribution in [1.82, 2.24) is 0 Å². The van der Waals surface area contributed by atoms with Crippen LogP contribution in [0.1, 0.15) is 27.7 Å². The number of methoxy groups -OCH3 is 2. The Morgan fingerprint density at radius 1 is 0.909 bits per heavy atom. The molecule has 0 fully saturated rings. The van der Waals surface area contributed by atoms with E-state index in [2.05, 4.69) is 0 Å². The van der Waals surface area contributed by atoms with Gasteiger partial charge in [-0.2, -0.15) is 0 Å². The van der Waals surface area contributed by atoms with Crippen LogP contribution in [0.15, 0.2) is 11.5 Å². The highest BCUT2D eigenvalue weighted by molar-refractivity contribution is 8.14. The summed E-state index contributed by atoms with van der Waals surface area (Å²) in [4.78, 5) is 24.5. The molecule has 126 valence electrons. The zero-order chi connectivity index (χ0) is 17.0. The summed E-state index contributed by atoms with van der Waals surface area (Å²) in [6.45, 7) is 6.86. The van der Waals surface area contributed by atoms with Gasteiger partial charge in [0, 0.05) is 28.1 Å². The van der Waals surface area contributed by atoms with Gasteiger partial charge in [0.1, 0.15) is 0 Å². The topological polar surface area (TPSA) is 71.1 Å². The molecule has 1 rings (SSSR count). The fraction of sp³-hybridized carbons (Fsp3) is 0.714. The molecule has 2 atom stereocenters. The van der Waals surface area contributed by atoms with Crippen molar-refractivity contribution in [3.8, 4) is 0 Å². The van der Waals surface area contributed by atoms with E-state index in [1.165, 1.54) is 14.2 Å². The van der Waals surface area contributed by atoms with Crippen molar-refractivity contribution in [2.24, 2.45) is 0 Å². The average molecular weight is 350 g/mol. The maximum atomic E-state index is 12.3. The number of hydrogen-bond donors (Lipinski definition) is 0. The van der Waals surface area contributed by atoms with Crippen molar-refractivity contribution in [3.05, 3.63) is 11.5 Å². The van der Waals surface area contributed by atoms with Gasteiger partial charge >= 0.3 is 0 Å². The number of carbonyl (C=O) groups excluding carboxylic acids is 2.